The van der Waals surface area contributed by atoms with Gasteiger partial charge in [0.15, 0.2) is 5.96 Å². The predicted molar refractivity (Wildman–Crippen MR) is 133 cm³/mol. The van der Waals surface area contributed by atoms with E-state index in [-0.39, 0.29) is 24.0 Å². The summed E-state index contributed by atoms with van der Waals surface area (Å²) in [7, 11) is 1.66. The van der Waals surface area contributed by atoms with E-state index in [1.54, 1.807) is 13.2 Å². The fourth-order valence-corrected chi connectivity index (χ4v) is 2.61. The van der Waals surface area contributed by atoms with Gasteiger partial charge in [0.25, 0.3) is 0 Å². The Morgan fingerprint density at radius 2 is 1.90 bits per heavy atom. The number of guanidine groups is 1. The maximum atomic E-state index is 5.72. The molecule has 0 spiro atoms. The number of aliphatic imine (C=N–C) groups is 1. The van der Waals surface area contributed by atoms with Crippen LogP contribution in [0.15, 0.2) is 66.2 Å². The highest BCUT2D eigenvalue weighted by Crippen LogP contribution is 2.18. The number of rotatable bonds is 12. The summed E-state index contributed by atoms with van der Waals surface area (Å²) in [6.07, 6.45) is 1.74. The number of hydrogen-bond donors (Lipinski definition) is 2. The summed E-state index contributed by atoms with van der Waals surface area (Å²) >= 11 is 0. The molecular formula is C23H32IN3O3. The highest BCUT2D eigenvalue weighted by Gasteiger charge is 2.04. The fourth-order valence-electron chi connectivity index (χ4n) is 2.61. The zero-order chi connectivity index (χ0) is 20.7. The lowest BCUT2D eigenvalue weighted by Crippen LogP contribution is -2.36. The smallest absolute Gasteiger partial charge is 0.191 e. The van der Waals surface area contributed by atoms with E-state index in [1.165, 1.54) is 0 Å². The molecule has 0 atom stereocenters. The van der Waals surface area contributed by atoms with Crippen LogP contribution in [0.4, 0.5) is 0 Å². The summed E-state index contributed by atoms with van der Waals surface area (Å²) in [5.41, 5.74) is 2.14. The SMILES string of the molecule is C=CCOc1ccccc1CNC(=NCc1cccc(OCCOC)c1)NCC.I. The average Bonchev–Trinajstić information content (AvgIpc) is 2.75. The molecule has 2 rings (SSSR count). The molecule has 0 aliphatic rings. The molecule has 0 amide bonds. The third-order valence-corrected chi connectivity index (χ3v) is 3.99. The van der Waals surface area contributed by atoms with Gasteiger partial charge in [0.1, 0.15) is 24.7 Å². The number of methoxy groups -OCH3 is 1. The largest absolute Gasteiger partial charge is 0.491 e. The minimum absolute atomic E-state index is 0. The van der Waals surface area contributed by atoms with Gasteiger partial charge in [-0.15, -0.1) is 24.0 Å². The highest BCUT2D eigenvalue weighted by molar-refractivity contribution is 14.0. The van der Waals surface area contributed by atoms with E-state index in [1.807, 2.05) is 55.5 Å². The van der Waals surface area contributed by atoms with Crippen molar-refractivity contribution in [3.8, 4) is 11.5 Å². The number of ether oxygens (including phenoxy) is 3. The number of nitrogens with zero attached hydrogens (tertiary/aromatic N) is 1. The van der Waals surface area contributed by atoms with Crippen LogP contribution in [0.25, 0.3) is 0 Å². The van der Waals surface area contributed by atoms with Crippen LogP contribution in [0.5, 0.6) is 11.5 Å². The number of halogens is 1. The second kappa shape index (κ2) is 15.6. The number of nitrogens with one attached hydrogen (secondary N) is 2. The predicted octanol–water partition coefficient (Wildman–Crippen LogP) is 4.15. The third kappa shape index (κ3) is 9.49. The van der Waals surface area contributed by atoms with Gasteiger partial charge in [-0.2, -0.15) is 0 Å². The van der Waals surface area contributed by atoms with E-state index in [0.29, 0.717) is 32.9 Å². The average molecular weight is 525 g/mol. The molecule has 0 radical (unpaired) electrons. The molecule has 0 saturated heterocycles. The standard InChI is InChI=1S/C23H31N3O3.HI/c1-4-13-29-22-12-7-6-10-20(22)18-26-23(24-5-2)25-17-19-9-8-11-21(16-19)28-15-14-27-3;/h4,6-12,16H,1,5,13-15,17-18H2,2-3H3,(H2,24,25,26);1H. The van der Waals surface area contributed by atoms with Crippen molar-refractivity contribution in [2.75, 3.05) is 33.5 Å². The summed E-state index contributed by atoms with van der Waals surface area (Å²) in [6, 6.07) is 15.9. The van der Waals surface area contributed by atoms with Crippen molar-refractivity contribution in [1.29, 1.82) is 0 Å². The van der Waals surface area contributed by atoms with Gasteiger partial charge in [-0.1, -0.05) is 43.0 Å². The second-order valence-electron chi connectivity index (χ2n) is 6.24. The van der Waals surface area contributed by atoms with Gasteiger partial charge < -0.3 is 24.8 Å². The molecule has 0 unspecified atom stereocenters. The first-order valence-corrected chi connectivity index (χ1v) is 9.81. The summed E-state index contributed by atoms with van der Waals surface area (Å²) < 4.78 is 16.4. The minimum Gasteiger partial charge on any atom is -0.491 e. The highest BCUT2D eigenvalue weighted by atomic mass is 127. The Morgan fingerprint density at radius 3 is 2.67 bits per heavy atom. The Bertz CT molecular complexity index is 784. The zero-order valence-electron chi connectivity index (χ0n) is 17.7. The lowest BCUT2D eigenvalue weighted by atomic mass is 10.2. The quantitative estimate of drug-likeness (QED) is 0.143. The van der Waals surface area contributed by atoms with Crippen LogP contribution in [0.2, 0.25) is 0 Å². The van der Waals surface area contributed by atoms with Gasteiger partial charge in [0.2, 0.25) is 0 Å². The van der Waals surface area contributed by atoms with Crippen molar-refractivity contribution in [1.82, 2.24) is 10.6 Å². The van der Waals surface area contributed by atoms with Crippen molar-refractivity contribution in [3.05, 3.63) is 72.3 Å². The van der Waals surface area contributed by atoms with Crippen molar-refractivity contribution in [2.24, 2.45) is 4.99 Å². The molecule has 0 heterocycles. The van der Waals surface area contributed by atoms with Gasteiger partial charge in [-0.3, -0.25) is 0 Å². The lowest BCUT2D eigenvalue weighted by Gasteiger charge is -2.14. The Hall–Kier alpha value is -2.26. The summed E-state index contributed by atoms with van der Waals surface area (Å²) in [5.74, 6) is 2.41. The van der Waals surface area contributed by atoms with E-state index >= 15 is 0 Å². The van der Waals surface area contributed by atoms with Gasteiger partial charge in [-0.05, 0) is 30.7 Å². The summed E-state index contributed by atoms with van der Waals surface area (Å²) in [5, 5.41) is 6.64. The first kappa shape index (κ1) is 25.8. The van der Waals surface area contributed by atoms with Gasteiger partial charge >= 0.3 is 0 Å². The molecule has 164 valence electrons. The molecule has 0 saturated carbocycles. The first-order valence-electron chi connectivity index (χ1n) is 9.81. The van der Waals surface area contributed by atoms with Crippen LogP contribution in [-0.2, 0) is 17.8 Å². The summed E-state index contributed by atoms with van der Waals surface area (Å²) in [4.78, 5) is 4.69. The third-order valence-electron chi connectivity index (χ3n) is 3.99. The fraction of sp³-hybridized carbons (Fsp3) is 0.348. The monoisotopic (exact) mass is 525 g/mol. The van der Waals surface area contributed by atoms with Crippen LogP contribution >= 0.6 is 24.0 Å². The molecule has 2 N–H and O–H groups in total. The molecule has 2 aromatic rings. The van der Waals surface area contributed by atoms with Crippen molar-refractivity contribution < 1.29 is 14.2 Å². The molecule has 30 heavy (non-hydrogen) atoms. The van der Waals surface area contributed by atoms with E-state index in [2.05, 4.69) is 22.2 Å². The zero-order valence-corrected chi connectivity index (χ0v) is 20.1. The van der Waals surface area contributed by atoms with Crippen LogP contribution in [0, 0.1) is 0 Å². The van der Waals surface area contributed by atoms with Crippen molar-refractivity contribution in [2.45, 2.75) is 20.0 Å². The lowest BCUT2D eigenvalue weighted by molar-refractivity contribution is 0.146. The van der Waals surface area contributed by atoms with E-state index < -0.39 is 0 Å². The molecular weight excluding hydrogens is 493 g/mol. The van der Waals surface area contributed by atoms with E-state index in [4.69, 9.17) is 14.2 Å². The molecule has 0 bridgehead atoms. The van der Waals surface area contributed by atoms with Gasteiger partial charge in [-0.25, -0.2) is 4.99 Å². The van der Waals surface area contributed by atoms with E-state index in [9.17, 15) is 0 Å². The minimum atomic E-state index is 0. The molecule has 0 aliphatic carbocycles. The first-order chi connectivity index (χ1) is 14.3. The number of hydrogen-bond acceptors (Lipinski definition) is 4. The van der Waals surface area contributed by atoms with Crippen LogP contribution < -0.4 is 20.1 Å². The Balaban J connectivity index is 0.00000450. The molecule has 6 nitrogen and oxygen atoms in total. The molecule has 0 aromatic heterocycles. The number of benzene rings is 2. The summed E-state index contributed by atoms with van der Waals surface area (Å²) in [6.45, 7) is 9.25. The van der Waals surface area contributed by atoms with Gasteiger partial charge in [0, 0.05) is 25.8 Å². The van der Waals surface area contributed by atoms with Crippen LogP contribution in [0.3, 0.4) is 0 Å². The Kier molecular flexibility index (Phi) is 13.4. The molecule has 0 aliphatic heterocycles. The molecule has 0 fully saturated rings. The Morgan fingerprint density at radius 1 is 1.07 bits per heavy atom. The number of para-hydroxylation sites is 1. The topological polar surface area (TPSA) is 64.1 Å². The van der Waals surface area contributed by atoms with Crippen LogP contribution in [0.1, 0.15) is 18.1 Å². The van der Waals surface area contributed by atoms with Crippen LogP contribution in [-0.4, -0.2) is 39.4 Å². The maximum Gasteiger partial charge on any atom is 0.191 e. The molecule has 2 aromatic carbocycles. The van der Waals surface area contributed by atoms with Gasteiger partial charge in [0.05, 0.1) is 13.2 Å². The Labute approximate surface area is 196 Å². The van der Waals surface area contributed by atoms with Crippen molar-refractivity contribution >= 4 is 29.9 Å². The van der Waals surface area contributed by atoms with Crippen molar-refractivity contribution in [3.63, 3.8) is 0 Å². The second-order valence-corrected chi connectivity index (χ2v) is 6.24. The maximum absolute atomic E-state index is 5.72. The normalized spacial score (nSPS) is 10.7. The molecule has 7 heteroatoms. The van der Waals surface area contributed by atoms with E-state index in [0.717, 1.165) is 35.1 Å².